The highest BCUT2D eigenvalue weighted by Crippen LogP contribution is 2.35. The number of thiocarbonyl (C=S) groups is 1. The number of aromatic nitrogens is 1. The van der Waals surface area contributed by atoms with Gasteiger partial charge in [0, 0.05) is 22.4 Å². The molecule has 0 aliphatic rings. The lowest BCUT2D eigenvalue weighted by atomic mass is 9.94. The molecular formula is C31H50N2S2. The second-order valence-corrected chi connectivity index (χ2v) is 11.6. The van der Waals surface area contributed by atoms with Crippen LogP contribution in [-0.4, -0.2) is 15.7 Å². The SMILES string of the molecule is CCCCCCCCC(CCCCCC)C(=S)Nc1c(SCCCCCC)ccc2ncccc12. The Labute approximate surface area is 225 Å². The number of rotatable bonds is 20. The van der Waals surface area contributed by atoms with Crippen LogP contribution in [0.25, 0.3) is 10.9 Å². The highest BCUT2D eigenvalue weighted by atomic mass is 32.2. The van der Waals surface area contributed by atoms with E-state index < -0.39 is 0 Å². The highest BCUT2D eigenvalue weighted by Gasteiger charge is 2.18. The van der Waals surface area contributed by atoms with E-state index in [1.165, 1.54) is 119 Å². The number of unbranched alkanes of at least 4 members (excludes halogenated alkanes) is 11. The number of hydrogen-bond donors (Lipinski definition) is 1. The second-order valence-electron chi connectivity index (χ2n) is 10.0. The van der Waals surface area contributed by atoms with Crippen LogP contribution in [-0.2, 0) is 0 Å². The normalized spacial score (nSPS) is 12.2. The minimum Gasteiger partial charge on any atom is -0.348 e. The Balaban J connectivity index is 2.10. The van der Waals surface area contributed by atoms with Crippen molar-refractivity contribution in [3.63, 3.8) is 0 Å². The molecule has 0 aliphatic carbocycles. The smallest absolute Gasteiger partial charge is 0.0829 e. The van der Waals surface area contributed by atoms with Crippen LogP contribution in [0.4, 0.5) is 5.69 Å². The molecule has 0 radical (unpaired) electrons. The lowest BCUT2D eigenvalue weighted by Crippen LogP contribution is -2.21. The molecule has 0 spiro atoms. The Bertz CT molecular complexity index is 836. The summed E-state index contributed by atoms with van der Waals surface area (Å²) >= 11 is 8.08. The van der Waals surface area contributed by atoms with E-state index in [1.807, 2.05) is 24.0 Å². The molecule has 0 saturated carbocycles. The number of anilines is 1. The van der Waals surface area contributed by atoms with Gasteiger partial charge in [0.15, 0.2) is 0 Å². The zero-order valence-electron chi connectivity index (χ0n) is 22.7. The molecule has 0 fully saturated rings. The molecule has 0 amide bonds. The van der Waals surface area contributed by atoms with E-state index in [0.717, 1.165) is 16.3 Å². The van der Waals surface area contributed by atoms with Crippen molar-refractivity contribution in [3.05, 3.63) is 30.5 Å². The number of nitrogens with one attached hydrogen (secondary N) is 1. The zero-order chi connectivity index (χ0) is 25.1. The van der Waals surface area contributed by atoms with Gasteiger partial charge in [0.2, 0.25) is 0 Å². The molecule has 1 aromatic heterocycles. The maximum Gasteiger partial charge on any atom is 0.0829 e. The third-order valence-electron chi connectivity index (χ3n) is 6.93. The van der Waals surface area contributed by atoms with Crippen LogP contribution in [0.2, 0.25) is 0 Å². The summed E-state index contributed by atoms with van der Waals surface area (Å²) in [5.41, 5.74) is 2.23. The standard InChI is InChI=1S/C31H50N2S2/c1-4-7-10-13-14-16-20-26(19-15-11-8-5-2)31(34)33-30-27-21-18-24-32-28(27)22-23-29(30)35-25-17-12-9-6-3/h18,21-24,26H,4-17,19-20,25H2,1-3H3,(H,33,34). The van der Waals surface area contributed by atoms with Gasteiger partial charge in [-0.15, -0.1) is 11.8 Å². The summed E-state index contributed by atoms with van der Waals surface area (Å²) in [5.74, 6) is 1.63. The molecule has 35 heavy (non-hydrogen) atoms. The molecule has 2 rings (SSSR count). The second kappa shape index (κ2) is 19.0. The number of thioether (sulfide) groups is 1. The summed E-state index contributed by atoms with van der Waals surface area (Å²) in [4.78, 5) is 6.97. The van der Waals surface area contributed by atoms with E-state index in [2.05, 4.69) is 49.3 Å². The largest absolute Gasteiger partial charge is 0.348 e. The molecule has 1 aromatic carbocycles. The van der Waals surface area contributed by atoms with Crippen molar-refractivity contribution in [2.45, 2.75) is 128 Å². The fourth-order valence-corrected chi connectivity index (χ4v) is 6.09. The van der Waals surface area contributed by atoms with Gasteiger partial charge in [0.05, 0.1) is 16.2 Å². The fourth-order valence-electron chi connectivity index (χ4n) is 4.71. The molecule has 0 aliphatic heterocycles. The molecule has 2 nitrogen and oxygen atoms in total. The van der Waals surface area contributed by atoms with Gasteiger partial charge >= 0.3 is 0 Å². The first-order valence-corrected chi connectivity index (χ1v) is 15.9. The van der Waals surface area contributed by atoms with E-state index in [4.69, 9.17) is 12.2 Å². The molecule has 1 unspecified atom stereocenters. The molecule has 4 heteroatoms. The quantitative estimate of drug-likeness (QED) is 0.108. The zero-order valence-corrected chi connectivity index (χ0v) is 24.4. The van der Waals surface area contributed by atoms with E-state index in [9.17, 15) is 0 Å². The topological polar surface area (TPSA) is 24.9 Å². The average molecular weight is 515 g/mol. The third kappa shape index (κ3) is 11.6. The lowest BCUT2D eigenvalue weighted by molar-refractivity contribution is 0.491. The van der Waals surface area contributed by atoms with Gasteiger partial charge in [-0.2, -0.15) is 0 Å². The van der Waals surface area contributed by atoms with Crippen molar-refractivity contribution in [1.29, 1.82) is 0 Å². The maximum atomic E-state index is 6.11. The maximum absolute atomic E-state index is 6.11. The Morgan fingerprint density at radius 1 is 0.800 bits per heavy atom. The molecule has 1 N–H and O–H groups in total. The van der Waals surface area contributed by atoms with E-state index in [-0.39, 0.29) is 0 Å². The van der Waals surface area contributed by atoms with Crippen molar-refractivity contribution in [3.8, 4) is 0 Å². The van der Waals surface area contributed by atoms with Gasteiger partial charge in [-0.05, 0) is 49.3 Å². The number of pyridine rings is 1. The van der Waals surface area contributed by atoms with Gasteiger partial charge in [-0.25, -0.2) is 0 Å². The van der Waals surface area contributed by atoms with Crippen LogP contribution in [0.3, 0.4) is 0 Å². The predicted molar refractivity (Wildman–Crippen MR) is 163 cm³/mol. The van der Waals surface area contributed by atoms with E-state index >= 15 is 0 Å². The van der Waals surface area contributed by atoms with Gasteiger partial charge in [-0.3, -0.25) is 4.98 Å². The summed E-state index contributed by atoms with van der Waals surface area (Å²) in [6.45, 7) is 6.85. The fraction of sp³-hybridized carbons (Fsp3) is 0.677. The number of fused-ring (bicyclic) bond motifs is 1. The number of hydrogen-bond acceptors (Lipinski definition) is 3. The molecule has 2 aromatic rings. The Morgan fingerprint density at radius 2 is 1.40 bits per heavy atom. The van der Waals surface area contributed by atoms with Crippen molar-refractivity contribution in [2.75, 3.05) is 11.1 Å². The van der Waals surface area contributed by atoms with Crippen molar-refractivity contribution < 1.29 is 0 Å². The van der Waals surface area contributed by atoms with Gasteiger partial charge < -0.3 is 5.32 Å². The summed E-state index contributed by atoms with van der Waals surface area (Å²) in [7, 11) is 0. The van der Waals surface area contributed by atoms with Crippen LogP contribution in [0.1, 0.15) is 124 Å². The summed E-state index contributed by atoms with van der Waals surface area (Å²) in [5, 5.41) is 4.97. The van der Waals surface area contributed by atoms with Gasteiger partial charge in [0.25, 0.3) is 0 Å². The van der Waals surface area contributed by atoms with Crippen LogP contribution in [0.5, 0.6) is 0 Å². The number of nitrogens with zero attached hydrogens (tertiary/aromatic N) is 1. The van der Waals surface area contributed by atoms with Crippen molar-refractivity contribution >= 4 is 45.6 Å². The first-order valence-electron chi connectivity index (χ1n) is 14.5. The third-order valence-corrected chi connectivity index (χ3v) is 8.51. The van der Waals surface area contributed by atoms with E-state index in [0.29, 0.717) is 5.92 Å². The molecule has 196 valence electrons. The van der Waals surface area contributed by atoms with Gasteiger partial charge in [0.1, 0.15) is 0 Å². The van der Waals surface area contributed by atoms with Crippen LogP contribution in [0.15, 0.2) is 35.4 Å². The van der Waals surface area contributed by atoms with Crippen LogP contribution < -0.4 is 5.32 Å². The average Bonchev–Trinajstić information content (AvgIpc) is 2.88. The first kappa shape index (κ1) is 30.1. The highest BCUT2D eigenvalue weighted by molar-refractivity contribution is 7.99. The molecular weight excluding hydrogens is 464 g/mol. The minimum absolute atomic E-state index is 0.474. The molecule has 0 bridgehead atoms. The minimum atomic E-state index is 0.474. The molecule has 1 heterocycles. The Morgan fingerprint density at radius 3 is 2.09 bits per heavy atom. The predicted octanol–water partition coefficient (Wildman–Crippen LogP) is 11.0. The van der Waals surface area contributed by atoms with Crippen molar-refractivity contribution in [1.82, 2.24) is 4.98 Å². The molecule has 0 saturated heterocycles. The number of benzene rings is 1. The summed E-state index contributed by atoms with van der Waals surface area (Å²) in [6.07, 6.45) is 22.8. The van der Waals surface area contributed by atoms with Gasteiger partial charge in [-0.1, -0.05) is 116 Å². The summed E-state index contributed by atoms with van der Waals surface area (Å²) < 4.78 is 0. The summed E-state index contributed by atoms with van der Waals surface area (Å²) in [6, 6.07) is 8.65. The lowest BCUT2D eigenvalue weighted by Gasteiger charge is -2.22. The Kier molecular flexibility index (Phi) is 16.4. The molecule has 1 atom stereocenters. The van der Waals surface area contributed by atoms with Crippen LogP contribution in [0, 0.1) is 5.92 Å². The monoisotopic (exact) mass is 514 g/mol. The van der Waals surface area contributed by atoms with Crippen molar-refractivity contribution in [2.24, 2.45) is 5.92 Å². The van der Waals surface area contributed by atoms with Crippen LogP contribution >= 0.6 is 24.0 Å². The first-order chi connectivity index (χ1) is 17.2. The van der Waals surface area contributed by atoms with E-state index in [1.54, 1.807) is 0 Å². The Hall–Kier alpha value is -1.13.